The molecule has 4 aliphatic rings. The number of nitrogens with one attached hydrogen (secondary N) is 2. The van der Waals surface area contributed by atoms with Crippen LogP contribution in [-0.4, -0.2) is 106 Å². The highest BCUT2D eigenvalue weighted by atomic mass is 32.2. The Morgan fingerprint density at radius 1 is 1.14 bits per heavy atom. The minimum Gasteiger partial charge on any atom is -0.491 e. The molecule has 3 N–H and O–H groups in total. The molecule has 3 fully saturated rings. The maximum atomic E-state index is 15.1. The highest BCUT2D eigenvalue weighted by Gasteiger charge is 2.63. The molecule has 2 saturated carbocycles. The predicted molar refractivity (Wildman–Crippen MR) is 206 cm³/mol. The van der Waals surface area contributed by atoms with E-state index in [0.29, 0.717) is 44.9 Å². The number of rotatable bonds is 10. The van der Waals surface area contributed by atoms with Crippen LogP contribution in [0.5, 0.6) is 11.6 Å². The van der Waals surface area contributed by atoms with Crippen LogP contribution in [0, 0.1) is 23.6 Å². The number of nitrogens with zero attached hydrogens (tertiary/aromatic N) is 3. The van der Waals surface area contributed by atoms with E-state index in [1.807, 2.05) is 6.92 Å². The Hall–Kier alpha value is -4.68. The molecule has 0 bridgehead atoms. The summed E-state index contributed by atoms with van der Waals surface area (Å²) in [4.78, 5) is 61.9. The van der Waals surface area contributed by atoms with Gasteiger partial charge in [0.25, 0.3) is 5.91 Å². The number of carbonyl (C=O) groups excluding carboxylic acids is 3. The van der Waals surface area contributed by atoms with Gasteiger partial charge < -0.3 is 24.8 Å². The van der Waals surface area contributed by atoms with Crippen molar-refractivity contribution in [3.05, 3.63) is 42.4 Å². The Balaban J connectivity index is 1.44. The lowest BCUT2D eigenvalue weighted by Gasteiger charge is -2.46. The van der Waals surface area contributed by atoms with Crippen molar-refractivity contribution in [2.45, 2.75) is 127 Å². The van der Waals surface area contributed by atoms with Gasteiger partial charge in [0.15, 0.2) is 11.6 Å². The van der Waals surface area contributed by atoms with E-state index in [1.54, 1.807) is 32.1 Å². The van der Waals surface area contributed by atoms with Gasteiger partial charge in [-0.2, -0.15) is 13.2 Å². The molecule has 59 heavy (non-hydrogen) atoms. The molecule has 0 unspecified atom stereocenters. The summed E-state index contributed by atoms with van der Waals surface area (Å²) in [7, 11) is -4.05. The van der Waals surface area contributed by atoms with Crippen molar-refractivity contribution < 1.29 is 59.7 Å². The lowest BCUT2D eigenvalue weighted by molar-refractivity contribution is -0.222. The average molecular weight is 854 g/mol. The molecule has 1 aromatic carbocycles. The topological polar surface area (TPSA) is 185 Å². The standard InChI is InChI=1S/C40H51F4N5O9S/c1-6-23-16-22(3)10-8-9-11-25-20-39(25,36(52)47-59(55,56)27-12-13-27)46-33(50)30-18-26(58-34-28-19-29(41)31(57-7-2)17-24(28)14-15-45-34)21-48(30)35(51)32(23)49(37(53)54)38(4,5)40(42,43)44/h9,11,14-15,17,19,22-23,25-27,30,32H,6-8,10,12-13,16,18,20-21H2,1-5H3,(H,46,50)(H,47,52)(H,53,54)/t22-,23+,25+,26+,30-,32-,39+/m0/s1. The van der Waals surface area contributed by atoms with Gasteiger partial charge in [-0.3, -0.25) is 24.0 Å². The smallest absolute Gasteiger partial charge is 0.411 e. The first kappa shape index (κ1) is 43.9. The molecule has 7 atom stereocenters. The number of sulfonamides is 1. The second kappa shape index (κ2) is 16.4. The number of halogens is 4. The van der Waals surface area contributed by atoms with Crippen LogP contribution >= 0.6 is 0 Å². The Kier molecular flexibility index (Phi) is 12.2. The van der Waals surface area contributed by atoms with Crippen molar-refractivity contribution in [3.63, 3.8) is 0 Å². The first-order valence-corrected chi connectivity index (χ1v) is 21.5. The minimum absolute atomic E-state index is 0.0158. The third-order valence-corrected chi connectivity index (χ3v) is 13.9. The van der Waals surface area contributed by atoms with E-state index in [9.17, 15) is 41.1 Å². The van der Waals surface area contributed by atoms with Gasteiger partial charge >= 0.3 is 12.3 Å². The lowest BCUT2D eigenvalue weighted by Crippen LogP contribution is -2.66. The van der Waals surface area contributed by atoms with Gasteiger partial charge in [-0.05, 0) is 94.7 Å². The number of benzene rings is 1. The zero-order valence-corrected chi connectivity index (χ0v) is 34.4. The van der Waals surface area contributed by atoms with E-state index in [0.717, 1.165) is 11.0 Å². The summed E-state index contributed by atoms with van der Waals surface area (Å²) >= 11 is 0. The fourth-order valence-electron chi connectivity index (χ4n) is 8.34. The summed E-state index contributed by atoms with van der Waals surface area (Å²) in [6.07, 6.45) is -1.63. The molecule has 3 heterocycles. The largest absolute Gasteiger partial charge is 0.491 e. The summed E-state index contributed by atoms with van der Waals surface area (Å²) in [6, 6.07) is 0.730. The second-order valence-electron chi connectivity index (χ2n) is 16.7. The van der Waals surface area contributed by atoms with Crippen molar-refractivity contribution in [3.8, 4) is 11.6 Å². The molecule has 0 spiro atoms. The highest BCUT2D eigenvalue weighted by Crippen LogP contribution is 2.47. The molecule has 2 aliphatic carbocycles. The van der Waals surface area contributed by atoms with Crippen LogP contribution in [0.2, 0.25) is 0 Å². The number of hydrogen-bond donors (Lipinski definition) is 3. The molecule has 19 heteroatoms. The Morgan fingerprint density at radius 2 is 1.85 bits per heavy atom. The van der Waals surface area contributed by atoms with Crippen LogP contribution in [0.15, 0.2) is 36.5 Å². The summed E-state index contributed by atoms with van der Waals surface area (Å²) in [6.45, 7) is 6.31. The van der Waals surface area contributed by atoms with E-state index in [-0.39, 0.29) is 60.1 Å². The Labute approximate surface area is 340 Å². The molecule has 4 amide bonds. The molecule has 1 saturated heterocycles. The zero-order valence-electron chi connectivity index (χ0n) is 33.6. The van der Waals surface area contributed by atoms with Gasteiger partial charge in [-0.1, -0.05) is 32.4 Å². The van der Waals surface area contributed by atoms with Crippen molar-refractivity contribution in [2.24, 2.45) is 17.8 Å². The third kappa shape index (κ3) is 8.80. The Morgan fingerprint density at radius 3 is 2.47 bits per heavy atom. The number of ether oxygens (including phenoxy) is 2. The monoisotopic (exact) mass is 853 g/mol. The SMILES string of the molecule is CCOc1cc2ccnc(O[C@@H]3C[C@H]4C(=O)N[C@]5(C(=O)NS(=O)(=O)C6CC6)C[C@H]5C=CCC[C@H](C)C[C@@H](CC)[C@H](N(C(=O)O)C(C)(C)C(F)(F)F)C(=O)N4C3)c2cc1F. The summed E-state index contributed by atoms with van der Waals surface area (Å²) in [5.41, 5.74) is -4.80. The van der Waals surface area contributed by atoms with E-state index in [2.05, 4.69) is 15.0 Å². The molecule has 2 aliphatic heterocycles. The van der Waals surface area contributed by atoms with Crippen molar-refractivity contribution in [2.75, 3.05) is 13.2 Å². The molecule has 1 aromatic heterocycles. The zero-order chi connectivity index (χ0) is 43.2. The number of carbonyl (C=O) groups is 4. The van der Waals surface area contributed by atoms with Crippen LogP contribution in [-0.2, 0) is 24.4 Å². The molecular weight excluding hydrogens is 803 g/mol. The summed E-state index contributed by atoms with van der Waals surface area (Å²) in [5.74, 6) is -5.55. The second-order valence-corrected chi connectivity index (χ2v) is 18.6. The summed E-state index contributed by atoms with van der Waals surface area (Å²) in [5, 5.41) is 13.2. The number of allylic oxidation sites excluding steroid dienone is 1. The number of aromatic nitrogens is 1. The maximum Gasteiger partial charge on any atom is 0.411 e. The molecule has 0 radical (unpaired) electrons. The molecule has 14 nitrogen and oxygen atoms in total. The van der Waals surface area contributed by atoms with Gasteiger partial charge in [0.05, 0.1) is 18.4 Å². The highest BCUT2D eigenvalue weighted by molar-refractivity contribution is 7.91. The fraction of sp³-hybridized carbons (Fsp3) is 0.625. The molecule has 6 rings (SSSR count). The van der Waals surface area contributed by atoms with Gasteiger partial charge in [0, 0.05) is 23.9 Å². The van der Waals surface area contributed by atoms with E-state index >= 15 is 9.18 Å². The van der Waals surface area contributed by atoms with Gasteiger partial charge in [-0.15, -0.1) is 0 Å². The van der Waals surface area contributed by atoms with Gasteiger partial charge in [0.2, 0.25) is 27.7 Å². The van der Waals surface area contributed by atoms with Crippen LogP contribution in [0.4, 0.5) is 22.4 Å². The third-order valence-electron chi connectivity index (χ3n) is 12.1. The normalized spacial score (nSPS) is 28.1. The van der Waals surface area contributed by atoms with E-state index < -0.39 is 98.7 Å². The number of amides is 4. The number of pyridine rings is 1. The minimum atomic E-state index is -5.12. The van der Waals surface area contributed by atoms with Crippen LogP contribution in [0.1, 0.15) is 86.0 Å². The van der Waals surface area contributed by atoms with Crippen LogP contribution < -0.4 is 19.5 Å². The van der Waals surface area contributed by atoms with Crippen molar-refractivity contribution >= 4 is 44.6 Å². The average Bonchev–Trinajstić information content (AvgIpc) is 4.08. The quantitative estimate of drug-likeness (QED) is 0.198. The molecule has 2 aromatic rings. The molecule has 324 valence electrons. The van der Waals surface area contributed by atoms with Gasteiger partial charge in [-0.25, -0.2) is 22.6 Å². The number of hydrogen-bond acceptors (Lipinski definition) is 9. The van der Waals surface area contributed by atoms with Crippen LogP contribution in [0.25, 0.3) is 10.8 Å². The maximum absolute atomic E-state index is 15.1. The lowest BCUT2D eigenvalue weighted by atomic mass is 9.82. The first-order valence-electron chi connectivity index (χ1n) is 20.0. The Bertz CT molecular complexity index is 2110. The number of alkyl halides is 3. The summed E-state index contributed by atoms with van der Waals surface area (Å²) < 4.78 is 99.0. The first-order chi connectivity index (χ1) is 27.6. The number of carboxylic acid groups (broad SMARTS) is 1. The predicted octanol–water partition coefficient (Wildman–Crippen LogP) is 5.70. The number of fused-ring (bicyclic) bond motifs is 3. The fourth-order valence-corrected chi connectivity index (χ4v) is 9.70. The van der Waals surface area contributed by atoms with Gasteiger partial charge in [0.1, 0.15) is 29.3 Å². The molecular formula is C40H51F4N5O9S. The van der Waals surface area contributed by atoms with E-state index in [1.165, 1.54) is 12.3 Å². The van der Waals surface area contributed by atoms with Crippen LogP contribution in [0.3, 0.4) is 0 Å². The van der Waals surface area contributed by atoms with Crippen molar-refractivity contribution in [1.82, 2.24) is 24.8 Å². The van der Waals surface area contributed by atoms with E-state index in [4.69, 9.17) is 9.47 Å². The van der Waals surface area contributed by atoms with Crippen molar-refractivity contribution in [1.29, 1.82) is 0 Å².